The van der Waals surface area contributed by atoms with Crippen LogP contribution < -0.4 is 0 Å². The molecule has 28 heavy (non-hydrogen) atoms. The number of esters is 1. The Bertz CT molecular complexity index is 1150. The van der Waals surface area contributed by atoms with Crippen molar-refractivity contribution in [3.05, 3.63) is 81.2 Å². The summed E-state index contributed by atoms with van der Waals surface area (Å²) in [5, 5.41) is 4.36. The van der Waals surface area contributed by atoms with E-state index < -0.39 is 5.97 Å². The lowest BCUT2D eigenvalue weighted by molar-refractivity contribution is -0.129. The van der Waals surface area contributed by atoms with Gasteiger partial charge in [0, 0.05) is 33.4 Å². The van der Waals surface area contributed by atoms with Crippen LogP contribution in [0.3, 0.4) is 0 Å². The minimum atomic E-state index is -0.538. The molecule has 0 atom stereocenters. The highest BCUT2D eigenvalue weighted by molar-refractivity contribution is 14.1. The minimum absolute atomic E-state index is 0.161. The van der Waals surface area contributed by atoms with E-state index >= 15 is 0 Å². The predicted octanol–water partition coefficient (Wildman–Crippen LogP) is 4.16. The van der Waals surface area contributed by atoms with Gasteiger partial charge < -0.3 is 4.74 Å². The molecule has 0 fully saturated rings. The van der Waals surface area contributed by atoms with Crippen molar-refractivity contribution >= 4 is 46.4 Å². The number of benzene rings is 2. The van der Waals surface area contributed by atoms with E-state index in [4.69, 9.17) is 4.74 Å². The third-order valence-corrected chi connectivity index (χ3v) is 4.77. The van der Waals surface area contributed by atoms with Gasteiger partial charge in [0.25, 0.3) is 0 Å². The van der Waals surface area contributed by atoms with Crippen LogP contribution in [0.1, 0.15) is 22.8 Å². The highest BCUT2D eigenvalue weighted by atomic mass is 127. The normalized spacial score (nSPS) is 14.9. The van der Waals surface area contributed by atoms with E-state index in [1.54, 1.807) is 12.3 Å². The summed E-state index contributed by atoms with van der Waals surface area (Å²) in [4.78, 5) is 28.5. The number of carbonyl (C=O) groups excluding carboxylic acids is 2. The average Bonchev–Trinajstić information content (AvgIpc) is 3.27. The molecule has 4 rings (SSSR count). The van der Waals surface area contributed by atoms with Crippen molar-refractivity contribution in [3.8, 4) is 11.3 Å². The third kappa shape index (κ3) is 3.65. The van der Waals surface area contributed by atoms with Crippen LogP contribution >= 0.6 is 22.6 Å². The quantitative estimate of drug-likeness (QED) is 0.319. The molecular weight excluding hydrogens is 469 g/mol. The average molecular weight is 483 g/mol. The first-order chi connectivity index (χ1) is 13.5. The molecule has 0 amide bonds. The van der Waals surface area contributed by atoms with Gasteiger partial charge in [-0.15, -0.1) is 0 Å². The number of carbonyl (C=O) groups is 2. The number of ether oxygens (including phenoxy) is 1. The molecular formula is C21H14IN3O3. The third-order valence-electron chi connectivity index (χ3n) is 4.10. The maximum Gasteiger partial charge on any atom is 0.363 e. The van der Waals surface area contributed by atoms with Crippen molar-refractivity contribution in [1.82, 2.24) is 9.78 Å². The summed E-state index contributed by atoms with van der Waals surface area (Å²) in [5.74, 6) is -0.502. The lowest BCUT2D eigenvalue weighted by Crippen LogP contribution is -2.05. The van der Waals surface area contributed by atoms with Gasteiger partial charge in [0.15, 0.2) is 5.70 Å². The van der Waals surface area contributed by atoms with E-state index in [0.717, 1.165) is 14.7 Å². The number of rotatable bonds is 3. The number of cyclic esters (lactones) is 1. The van der Waals surface area contributed by atoms with Crippen molar-refractivity contribution in [3.63, 3.8) is 0 Å². The van der Waals surface area contributed by atoms with E-state index in [9.17, 15) is 9.59 Å². The van der Waals surface area contributed by atoms with E-state index in [0.29, 0.717) is 11.3 Å². The van der Waals surface area contributed by atoms with Crippen LogP contribution in [0.5, 0.6) is 0 Å². The van der Waals surface area contributed by atoms with Gasteiger partial charge in [-0.1, -0.05) is 36.4 Å². The number of nitrogens with zero attached hydrogens (tertiary/aromatic N) is 3. The Hall–Kier alpha value is -3.07. The summed E-state index contributed by atoms with van der Waals surface area (Å²) in [6.45, 7) is 1.43. The van der Waals surface area contributed by atoms with E-state index in [1.165, 1.54) is 11.6 Å². The molecule has 0 unspecified atom stereocenters. The Kier molecular flexibility index (Phi) is 4.91. The van der Waals surface area contributed by atoms with Gasteiger partial charge >= 0.3 is 5.97 Å². The van der Waals surface area contributed by atoms with Crippen LogP contribution in [0.15, 0.2) is 71.5 Å². The lowest BCUT2D eigenvalue weighted by atomic mass is 10.1. The molecule has 7 heteroatoms. The van der Waals surface area contributed by atoms with Gasteiger partial charge in [-0.3, -0.25) is 4.79 Å². The highest BCUT2D eigenvalue weighted by Crippen LogP contribution is 2.26. The molecule has 6 nitrogen and oxygen atoms in total. The van der Waals surface area contributed by atoms with Gasteiger partial charge in [-0.2, -0.15) is 5.10 Å². The second-order valence-electron chi connectivity index (χ2n) is 6.11. The fourth-order valence-corrected chi connectivity index (χ4v) is 3.32. The van der Waals surface area contributed by atoms with Crippen molar-refractivity contribution < 1.29 is 14.3 Å². The predicted molar refractivity (Wildman–Crippen MR) is 114 cm³/mol. The van der Waals surface area contributed by atoms with Crippen molar-refractivity contribution in [2.45, 2.75) is 6.92 Å². The second-order valence-corrected chi connectivity index (χ2v) is 7.35. The Labute approximate surface area is 174 Å². The van der Waals surface area contributed by atoms with Crippen LogP contribution in [0.25, 0.3) is 17.3 Å². The van der Waals surface area contributed by atoms with Gasteiger partial charge in [0.1, 0.15) is 5.69 Å². The van der Waals surface area contributed by atoms with Crippen LogP contribution in [0, 0.1) is 3.57 Å². The fourth-order valence-electron chi connectivity index (χ4n) is 2.78. The molecule has 3 aromatic rings. The first kappa shape index (κ1) is 18.3. The molecule has 0 N–H and O–H groups in total. The standard InChI is InChI=1S/C21H14IN3O3/c1-13(26)25-12-16(19(24-25)14-6-3-2-4-7-14)11-18-21(27)28-20(23-18)15-8-5-9-17(22)10-15/h2-12H,1H3. The van der Waals surface area contributed by atoms with E-state index in [1.807, 2.05) is 54.6 Å². The molecule has 2 heterocycles. The molecule has 0 radical (unpaired) electrons. The Morgan fingerprint density at radius 1 is 1.11 bits per heavy atom. The topological polar surface area (TPSA) is 73.6 Å². The van der Waals surface area contributed by atoms with Crippen molar-refractivity contribution in [2.24, 2.45) is 4.99 Å². The molecule has 2 aromatic carbocycles. The largest absolute Gasteiger partial charge is 0.402 e. The molecule has 1 aliphatic rings. The highest BCUT2D eigenvalue weighted by Gasteiger charge is 2.25. The lowest BCUT2D eigenvalue weighted by Gasteiger charge is -1.99. The van der Waals surface area contributed by atoms with Crippen molar-refractivity contribution in [2.75, 3.05) is 0 Å². The fraction of sp³-hybridized carbons (Fsp3) is 0.0476. The molecule has 138 valence electrons. The monoisotopic (exact) mass is 483 g/mol. The van der Waals surface area contributed by atoms with Crippen LogP contribution in [0.2, 0.25) is 0 Å². The zero-order valence-electron chi connectivity index (χ0n) is 14.8. The van der Waals surface area contributed by atoms with Gasteiger partial charge in [0.2, 0.25) is 11.8 Å². The molecule has 0 saturated carbocycles. The number of aliphatic imine (C=N–C) groups is 1. The SMILES string of the molecule is CC(=O)n1cc(C=C2N=C(c3cccc(I)c3)OC2=O)c(-c2ccccc2)n1. The zero-order chi connectivity index (χ0) is 19.7. The summed E-state index contributed by atoms with van der Waals surface area (Å²) in [7, 11) is 0. The summed E-state index contributed by atoms with van der Waals surface area (Å²) in [6.07, 6.45) is 3.18. The van der Waals surface area contributed by atoms with E-state index in [2.05, 4.69) is 32.7 Å². The number of hydrogen-bond acceptors (Lipinski definition) is 5. The van der Waals surface area contributed by atoms with Gasteiger partial charge in [-0.05, 0) is 46.9 Å². The minimum Gasteiger partial charge on any atom is -0.402 e. The Morgan fingerprint density at radius 2 is 1.86 bits per heavy atom. The number of aromatic nitrogens is 2. The van der Waals surface area contributed by atoms with Crippen LogP contribution in [-0.4, -0.2) is 27.6 Å². The van der Waals surface area contributed by atoms with Gasteiger partial charge in [0.05, 0.1) is 0 Å². The Morgan fingerprint density at radius 3 is 2.57 bits per heavy atom. The zero-order valence-corrected chi connectivity index (χ0v) is 17.0. The van der Waals surface area contributed by atoms with Gasteiger partial charge in [-0.25, -0.2) is 14.5 Å². The maximum absolute atomic E-state index is 12.3. The first-order valence-corrected chi connectivity index (χ1v) is 9.53. The molecule has 1 aliphatic heterocycles. The summed E-state index contributed by atoms with van der Waals surface area (Å²) < 4.78 is 7.60. The molecule has 0 bridgehead atoms. The Balaban J connectivity index is 1.78. The summed E-state index contributed by atoms with van der Waals surface area (Å²) in [5.41, 5.74) is 2.93. The molecule has 0 saturated heterocycles. The smallest absolute Gasteiger partial charge is 0.363 e. The summed E-state index contributed by atoms with van der Waals surface area (Å²) >= 11 is 2.19. The van der Waals surface area contributed by atoms with Crippen LogP contribution in [-0.2, 0) is 9.53 Å². The van der Waals surface area contributed by atoms with Crippen LogP contribution in [0.4, 0.5) is 0 Å². The first-order valence-electron chi connectivity index (χ1n) is 8.46. The summed E-state index contributed by atoms with van der Waals surface area (Å²) in [6, 6.07) is 17.0. The molecule has 0 spiro atoms. The van der Waals surface area contributed by atoms with E-state index in [-0.39, 0.29) is 17.5 Å². The molecule has 1 aromatic heterocycles. The molecule has 0 aliphatic carbocycles. The second kappa shape index (κ2) is 7.51. The van der Waals surface area contributed by atoms with Crippen molar-refractivity contribution in [1.29, 1.82) is 0 Å². The number of hydrogen-bond donors (Lipinski definition) is 0. The maximum atomic E-state index is 12.3. The number of halogens is 1.